The van der Waals surface area contributed by atoms with Gasteiger partial charge >= 0.3 is 27.3 Å². The summed E-state index contributed by atoms with van der Waals surface area (Å²) in [5, 5.41) is -6.34. The molecule has 0 N–H and O–H groups in total. The van der Waals surface area contributed by atoms with E-state index in [-0.39, 0.29) is 19.6 Å². The molecule has 8 rings (SSSR count). The molecule has 0 radical (unpaired) electrons. The average Bonchev–Trinajstić information content (AvgIpc) is 3.14. The molecule has 14 heteroatoms. The second kappa shape index (κ2) is 14.3. The molecular weight excluding hydrogens is 753 g/mol. The van der Waals surface area contributed by atoms with Crippen LogP contribution in [0.1, 0.15) is 77.0 Å². The normalized spacial score (nSPS) is 25.6. The van der Waals surface area contributed by atoms with Gasteiger partial charge in [-0.25, -0.2) is 12.0 Å². The van der Waals surface area contributed by atoms with Gasteiger partial charge in [0.15, 0.2) is 9.84 Å². The highest BCUT2D eigenvalue weighted by Gasteiger charge is 2.68. The van der Waals surface area contributed by atoms with Crippen molar-refractivity contribution >= 4 is 36.2 Å². The summed E-state index contributed by atoms with van der Waals surface area (Å²) in [7, 11) is -14.0. The minimum absolute atomic E-state index is 0.00434. The summed E-state index contributed by atoms with van der Waals surface area (Å²) in [6.45, 7) is -1.09. The van der Waals surface area contributed by atoms with Crippen LogP contribution in [0.4, 0.5) is 17.6 Å². The summed E-state index contributed by atoms with van der Waals surface area (Å²) >= 11 is 0. The SMILES string of the molecule is O=C(OCCC(F)(F)C(F)(F)S(=O)(=O)OS(c1ccccc1)(c1ccccc1)c1ccc(S(=O)(=O)C2CCCCC2)cc1)C12CC3CC(CC(C3)C1)C2. The maximum absolute atomic E-state index is 16.0. The van der Waals surface area contributed by atoms with Crippen LogP contribution in [0.2, 0.25) is 0 Å². The zero-order chi connectivity index (χ0) is 37.7. The van der Waals surface area contributed by atoms with Crippen molar-refractivity contribution in [2.24, 2.45) is 23.2 Å². The summed E-state index contributed by atoms with van der Waals surface area (Å²) in [4.78, 5) is 13.4. The second-order valence-electron chi connectivity index (χ2n) is 15.3. The first-order chi connectivity index (χ1) is 25.1. The average molecular weight is 797 g/mol. The molecule has 5 aliphatic carbocycles. The lowest BCUT2D eigenvalue weighted by atomic mass is 9.49. The molecule has 288 valence electrons. The molecule has 0 heterocycles. The summed E-state index contributed by atoms with van der Waals surface area (Å²) in [5.74, 6) is -4.80. The van der Waals surface area contributed by atoms with Crippen LogP contribution in [0.5, 0.6) is 0 Å². The van der Waals surface area contributed by atoms with E-state index in [1.807, 2.05) is 0 Å². The minimum atomic E-state index is -6.47. The monoisotopic (exact) mass is 796 g/mol. The van der Waals surface area contributed by atoms with E-state index in [0.29, 0.717) is 49.9 Å². The van der Waals surface area contributed by atoms with Crippen molar-refractivity contribution < 1.29 is 47.6 Å². The third-order valence-corrected chi connectivity index (χ3v) is 19.2. The molecule has 7 nitrogen and oxygen atoms in total. The van der Waals surface area contributed by atoms with Gasteiger partial charge in [-0.15, -0.1) is 0 Å². The van der Waals surface area contributed by atoms with E-state index >= 15 is 17.6 Å². The number of alkyl halides is 4. The van der Waals surface area contributed by atoms with Crippen LogP contribution in [0.15, 0.2) is 105 Å². The molecule has 3 aromatic rings. The number of sulfone groups is 1. The van der Waals surface area contributed by atoms with Gasteiger partial charge in [0, 0.05) is 14.7 Å². The van der Waals surface area contributed by atoms with Crippen molar-refractivity contribution in [3.05, 3.63) is 84.9 Å². The quantitative estimate of drug-likeness (QED) is 0.125. The van der Waals surface area contributed by atoms with E-state index in [0.717, 1.165) is 38.5 Å². The number of benzene rings is 3. The summed E-state index contributed by atoms with van der Waals surface area (Å²) in [5.41, 5.74) is -0.804. The van der Waals surface area contributed by atoms with Crippen molar-refractivity contribution in [1.29, 1.82) is 0 Å². The van der Waals surface area contributed by atoms with Gasteiger partial charge in [0.25, 0.3) is 0 Å². The molecule has 0 atom stereocenters. The number of carbonyl (C=O) groups is 1. The van der Waals surface area contributed by atoms with Crippen molar-refractivity contribution in [3.63, 3.8) is 0 Å². The lowest BCUT2D eigenvalue weighted by Crippen LogP contribution is -2.51. The Bertz CT molecular complexity index is 1930. The lowest BCUT2D eigenvalue weighted by molar-refractivity contribution is -0.185. The van der Waals surface area contributed by atoms with E-state index in [9.17, 15) is 21.6 Å². The van der Waals surface area contributed by atoms with Crippen molar-refractivity contribution in [1.82, 2.24) is 0 Å². The number of carbonyl (C=O) groups excluding carboxylic acids is 1. The van der Waals surface area contributed by atoms with Gasteiger partial charge in [-0.2, -0.15) is 26.0 Å². The highest BCUT2D eigenvalue weighted by atomic mass is 32.3. The smallest absolute Gasteiger partial charge is 0.432 e. The minimum Gasteiger partial charge on any atom is -0.465 e. The summed E-state index contributed by atoms with van der Waals surface area (Å²) < 4.78 is 128. The van der Waals surface area contributed by atoms with Crippen molar-refractivity contribution in [2.75, 3.05) is 6.61 Å². The Balaban J connectivity index is 1.19. The molecule has 5 fully saturated rings. The number of hydrogen-bond donors (Lipinski definition) is 0. The third-order valence-electron chi connectivity index (χ3n) is 11.7. The first-order valence-corrected chi connectivity index (χ1v) is 22.8. The van der Waals surface area contributed by atoms with E-state index in [4.69, 9.17) is 8.37 Å². The molecule has 5 aliphatic rings. The van der Waals surface area contributed by atoms with Crippen molar-refractivity contribution in [3.8, 4) is 0 Å². The van der Waals surface area contributed by atoms with Gasteiger partial charge in [-0.05, 0) is 128 Å². The lowest BCUT2D eigenvalue weighted by Gasteiger charge is -2.55. The molecule has 0 saturated heterocycles. The van der Waals surface area contributed by atoms with Crippen molar-refractivity contribution in [2.45, 2.75) is 113 Å². The molecular formula is C39H44F4O7S3. The topological polar surface area (TPSA) is 104 Å². The standard InChI is InChI=1S/C39H44F4O7S3/c40-38(41,20-21-49-36(44)37-25-28-22-29(26-37)24-30(23-28)27-37)39(42,43)53(47,48)50-51(31-10-4-1-5-11-31,32-12-6-2-7-13-32)33-16-18-35(19-17-33)52(45,46)34-14-8-3-9-15-34/h1-2,4-7,10-13,16-19,28-30,34H,3,8-9,14-15,20-27H2. The molecule has 0 aliphatic heterocycles. The first-order valence-electron chi connectivity index (χ1n) is 18.3. The van der Waals surface area contributed by atoms with Crippen LogP contribution in [-0.2, 0) is 33.1 Å². The van der Waals surface area contributed by atoms with E-state index in [2.05, 4.69) is 0 Å². The molecule has 0 amide bonds. The molecule has 5 saturated carbocycles. The van der Waals surface area contributed by atoms with Crippen LogP contribution in [-0.4, -0.2) is 45.8 Å². The van der Waals surface area contributed by atoms with E-state index in [1.54, 1.807) is 12.1 Å². The fourth-order valence-electron chi connectivity index (χ4n) is 9.43. The van der Waals surface area contributed by atoms with Gasteiger partial charge in [0.1, 0.15) is 0 Å². The zero-order valence-electron chi connectivity index (χ0n) is 29.2. The predicted octanol–water partition coefficient (Wildman–Crippen LogP) is 9.71. The molecule has 0 unspecified atom stereocenters. The Hall–Kier alpha value is -2.94. The maximum atomic E-state index is 16.0. The number of esters is 1. The molecule has 0 spiro atoms. The van der Waals surface area contributed by atoms with Crippen LogP contribution in [0, 0.1) is 23.2 Å². The van der Waals surface area contributed by atoms with Gasteiger partial charge in [0.2, 0.25) is 0 Å². The van der Waals surface area contributed by atoms with Crippen LogP contribution < -0.4 is 0 Å². The molecule has 3 aromatic carbocycles. The highest BCUT2D eigenvalue weighted by molar-refractivity contribution is 8.33. The highest BCUT2D eigenvalue weighted by Crippen LogP contribution is 2.71. The summed E-state index contributed by atoms with van der Waals surface area (Å²) in [6, 6.07) is 20.3. The maximum Gasteiger partial charge on any atom is 0.432 e. The van der Waals surface area contributed by atoms with Crippen LogP contribution >= 0.6 is 10.3 Å². The van der Waals surface area contributed by atoms with Crippen LogP contribution in [0.25, 0.3) is 0 Å². The van der Waals surface area contributed by atoms with Gasteiger partial charge < -0.3 is 4.74 Å². The van der Waals surface area contributed by atoms with Gasteiger partial charge in [-0.1, -0.05) is 55.7 Å². The number of halogens is 4. The fourth-order valence-corrected chi connectivity index (χ4v) is 16.5. The second-order valence-corrected chi connectivity index (χ2v) is 22.0. The Labute approximate surface area is 310 Å². The number of ether oxygens (including phenoxy) is 1. The Morgan fingerprint density at radius 2 is 1.11 bits per heavy atom. The Morgan fingerprint density at radius 1 is 0.660 bits per heavy atom. The zero-order valence-corrected chi connectivity index (χ0v) is 31.6. The fraction of sp³-hybridized carbons (Fsp3) is 0.513. The van der Waals surface area contributed by atoms with Gasteiger partial charge in [-0.3, -0.25) is 4.79 Å². The van der Waals surface area contributed by atoms with E-state index in [1.165, 1.54) is 72.8 Å². The number of hydrogen-bond acceptors (Lipinski definition) is 7. The largest absolute Gasteiger partial charge is 0.465 e. The number of rotatable bonds is 13. The Morgan fingerprint density at radius 3 is 1.60 bits per heavy atom. The van der Waals surface area contributed by atoms with Crippen LogP contribution in [0.3, 0.4) is 0 Å². The first kappa shape index (κ1) is 38.3. The van der Waals surface area contributed by atoms with Gasteiger partial charge in [0.05, 0.1) is 28.6 Å². The molecule has 53 heavy (non-hydrogen) atoms. The third kappa shape index (κ3) is 6.95. The molecule has 0 aromatic heterocycles. The Kier molecular flexibility index (Phi) is 10.3. The molecule has 4 bridgehead atoms. The van der Waals surface area contributed by atoms with E-state index < -0.39 is 71.1 Å². The summed E-state index contributed by atoms with van der Waals surface area (Å²) in [6.07, 6.45) is 6.56. The predicted molar refractivity (Wildman–Crippen MR) is 192 cm³/mol.